The third-order valence-electron chi connectivity index (χ3n) is 2.49. The fourth-order valence-corrected chi connectivity index (χ4v) is 3.07. The normalized spacial score (nSPS) is 10.5. The topological polar surface area (TPSA) is 75.7 Å². The minimum Gasteiger partial charge on any atom is -0.384 e. The lowest BCUT2D eigenvalue weighted by atomic mass is 10.1. The summed E-state index contributed by atoms with van der Waals surface area (Å²) in [4.78, 5) is 9.41. The third-order valence-corrected chi connectivity index (χ3v) is 3.97. The van der Waals surface area contributed by atoms with E-state index in [1.165, 1.54) is 11.8 Å². The average Bonchev–Trinajstić information content (AvgIpc) is 2.30. The highest BCUT2D eigenvalue weighted by Crippen LogP contribution is 2.34. The molecule has 0 bridgehead atoms. The van der Waals surface area contributed by atoms with Crippen molar-refractivity contribution in [3.05, 3.63) is 46.4 Å². The van der Waals surface area contributed by atoms with Crippen molar-refractivity contribution in [2.75, 3.05) is 0 Å². The van der Waals surface area contributed by atoms with Crippen LogP contribution in [0.25, 0.3) is 0 Å². The van der Waals surface area contributed by atoms with E-state index in [9.17, 15) is 0 Å². The predicted octanol–water partition coefficient (Wildman–Crippen LogP) is 3.18. The molecule has 2 aromatic heterocycles. The van der Waals surface area contributed by atoms with Gasteiger partial charge in [0, 0.05) is 22.5 Å². The van der Waals surface area contributed by atoms with Crippen LogP contribution in [0.2, 0.25) is 5.02 Å². The molecule has 0 saturated carbocycles. The summed E-state index contributed by atoms with van der Waals surface area (Å²) in [7, 11) is 0. The number of nitrogens with two attached hydrogens (primary N) is 1. The maximum absolute atomic E-state index is 7.68. The summed E-state index contributed by atoms with van der Waals surface area (Å²) in [6, 6.07) is 5.45. The van der Waals surface area contributed by atoms with Gasteiger partial charge in [0.05, 0.1) is 10.6 Å². The van der Waals surface area contributed by atoms with Crippen molar-refractivity contribution in [3.8, 4) is 0 Å². The van der Waals surface area contributed by atoms with Crippen LogP contribution in [-0.4, -0.2) is 15.8 Å². The summed E-state index contributed by atoms with van der Waals surface area (Å²) < 4.78 is 0. The first-order valence-corrected chi connectivity index (χ1v) is 6.79. The number of nitrogens with zero attached hydrogens (tertiary/aromatic N) is 2. The molecule has 98 valence electrons. The molecule has 2 aromatic rings. The highest BCUT2D eigenvalue weighted by Gasteiger charge is 2.14. The zero-order valence-corrected chi connectivity index (χ0v) is 12.1. The van der Waals surface area contributed by atoms with Crippen molar-refractivity contribution in [2.24, 2.45) is 5.73 Å². The third kappa shape index (κ3) is 3.05. The van der Waals surface area contributed by atoms with Gasteiger partial charge in [-0.15, -0.1) is 0 Å². The molecule has 0 aliphatic heterocycles. The molecular formula is C13H13ClN4S. The number of nitrogens with one attached hydrogen (secondary N) is 1. The van der Waals surface area contributed by atoms with Crippen LogP contribution in [0.15, 0.2) is 34.3 Å². The van der Waals surface area contributed by atoms with E-state index in [0.29, 0.717) is 15.6 Å². The average molecular weight is 293 g/mol. The predicted molar refractivity (Wildman–Crippen MR) is 78.1 cm³/mol. The number of aromatic nitrogens is 2. The van der Waals surface area contributed by atoms with Crippen LogP contribution in [0.4, 0.5) is 0 Å². The first kappa shape index (κ1) is 13.8. The van der Waals surface area contributed by atoms with Gasteiger partial charge in [-0.25, -0.2) is 4.98 Å². The Kier molecular flexibility index (Phi) is 4.07. The molecule has 0 aliphatic rings. The van der Waals surface area contributed by atoms with Crippen molar-refractivity contribution in [1.82, 2.24) is 9.97 Å². The molecule has 2 rings (SSSR count). The maximum Gasteiger partial charge on any atom is 0.125 e. The summed E-state index contributed by atoms with van der Waals surface area (Å²) in [5.74, 6) is -0.000413. The van der Waals surface area contributed by atoms with Gasteiger partial charge >= 0.3 is 0 Å². The van der Waals surface area contributed by atoms with Gasteiger partial charge < -0.3 is 5.73 Å². The van der Waals surface area contributed by atoms with Crippen LogP contribution in [0.5, 0.6) is 0 Å². The molecule has 0 radical (unpaired) electrons. The molecule has 0 unspecified atom stereocenters. The van der Waals surface area contributed by atoms with Crippen LogP contribution >= 0.6 is 23.4 Å². The molecule has 0 aromatic carbocycles. The number of nitrogen functional groups attached to an aromatic ring is 1. The molecule has 0 amide bonds. The Hall–Kier alpha value is -1.59. The molecule has 4 nitrogen and oxygen atoms in total. The van der Waals surface area contributed by atoms with E-state index >= 15 is 0 Å². The number of rotatable bonds is 3. The van der Waals surface area contributed by atoms with Crippen LogP contribution in [-0.2, 0) is 0 Å². The largest absolute Gasteiger partial charge is 0.384 e. The van der Waals surface area contributed by atoms with Crippen LogP contribution < -0.4 is 5.73 Å². The molecule has 2 heterocycles. The molecule has 0 fully saturated rings. The van der Waals surface area contributed by atoms with Gasteiger partial charge in [-0.05, 0) is 32.0 Å². The van der Waals surface area contributed by atoms with E-state index < -0.39 is 0 Å². The number of hydrogen-bond donors (Lipinski definition) is 2. The van der Waals surface area contributed by atoms with Gasteiger partial charge in [-0.3, -0.25) is 10.4 Å². The fourth-order valence-electron chi connectivity index (χ4n) is 1.75. The molecule has 0 atom stereocenters. The van der Waals surface area contributed by atoms with Crippen molar-refractivity contribution in [3.63, 3.8) is 0 Å². The molecule has 0 spiro atoms. The second-order valence-electron chi connectivity index (χ2n) is 4.03. The number of pyridine rings is 2. The fraction of sp³-hybridized carbons (Fsp3) is 0.154. The van der Waals surface area contributed by atoms with Gasteiger partial charge in [0.2, 0.25) is 0 Å². The van der Waals surface area contributed by atoms with E-state index in [1.807, 2.05) is 19.9 Å². The molecular weight excluding hydrogens is 280 g/mol. The number of halogens is 1. The minimum atomic E-state index is -0.000413. The molecule has 0 saturated heterocycles. The quantitative estimate of drug-likeness (QED) is 0.673. The molecule has 3 N–H and O–H groups in total. The standard InChI is InChI=1S/C13H13ClN4S/c1-7-6-10(11(12(15)16)8(2)18-7)19-13-9(14)4-3-5-17-13/h3-6H,1-2H3,(H3,15,16). The first-order chi connectivity index (χ1) is 8.99. The molecule has 6 heteroatoms. The maximum atomic E-state index is 7.68. The van der Waals surface area contributed by atoms with E-state index in [4.69, 9.17) is 22.7 Å². The minimum absolute atomic E-state index is 0.000413. The molecule has 19 heavy (non-hydrogen) atoms. The lowest BCUT2D eigenvalue weighted by Gasteiger charge is -2.11. The van der Waals surface area contributed by atoms with Crippen molar-refractivity contribution >= 4 is 29.2 Å². The summed E-state index contributed by atoms with van der Waals surface area (Å²) in [6.45, 7) is 3.74. The molecule has 0 aliphatic carbocycles. The highest BCUT2D eigenvalue weighted by molar-refractivity contribution is 7.99. The van der Waals surface area contributed by atoms with Crippen molar-refractivity contribution in [2.45, 2.75) is 23.8 Å². The Balaban J connectivity index is 2.51. The smallest absolute Gasteiger partial charge is 0.125 e. The number of aryl methyl sites for hydroxylation is 2. The Labute approximate surface area is 120 Å². The number of hydrogen-bond acceptors (Lipinski definition) is 4. The zero-order chi connectivity index (χ0) is 14.0. The van der Waals surface area contributed by atoms with E-state index in [0.717, 1.165) is 16.3 Å². The van der Waals surface area contributed by atoms with Crippen LogP contribution in [0.3, 0.4) is 0 Å². The second kappa shape index (κ2) is 5.59. The summed E-state index contributed by atoms with van der Waals surface area (Å²) >= 11 is 7.50. The Morgan fingerprint density at radius 1 is 1.42 bits per heavy atom. The Bertz CT molecular complexity index is 643. The second-order valence-corrected chi connectivity index (χ2v) is 5.47. The van der Waals surface area contributed by atoms with Crippen molar-refractivity contribution < 1.29 is 0 Å². The summed E-state index contributed by atoms with van der Waals surface area (Å²) in [6.07, 6.45) is 1.68. The Morgan fingerprint density at radius 3 is 2.79 bits per heavy atom. The van der Waals surface area contributed by atoms with Gasteiger partial charge in [-0.2, -0.15) is 0 Å². The van der Waals surface area contributed by atoms with Crippen LogP contribution in [0, 0.1) is 19.3 Å². The van der Waals surface area contributed by atoms with E-state index in [-0.39, 0.29) is 5.84 Å². The lowest BCUT2D eigenvalue weighted by Crippen LogP contribution is -2.15. The summed E-state index contributed by atoms with van der Waals surface area (Å²) in [5.41, 5.74) is 7.88. The van der Waals surface area contributed by atoms with E-state index in [2.05, 4.69) is 9.97 Å². The highest BCUT2D eigenvalue weighted by atomic mass is 35.5. The first-order valence-electron chi connectivity index (χ1n) is 5.60. The zero-order valence-electron chi connectivity index (χ0n) is 10.6. The lowest BCUT2D eigenvalue weighted by molar-refractivity contribution is 1.06. The number of amidine groups is 1. The van der Waals surface area contributed by atoms with Crippen LogP contribution in [0.1, 0.15) is 17.0 Å². The Morgan fingerprint density at radius 2 is 2.16 bits per heavy atom. The van der Waals surface area contributed by atoms with Gasteiger partial charge in [0.1, 0.15) is 10.9 Å². The monoisotopic (exact) mass is 292 g/mol. The van der Waals surface area contributed by atoms with Gasteiger partial charge in [0.15, 0.2) is 0 Å². The van der Waals surface area contributed by atoms with Crippen molar-refractivity contribution in [1.29, 1.82) is 5.41 Å². The van der Waals surface area contributed by atoms with Gasteiger partial charge in [-0.1, -0.05) is 23.4 Å². The van der Waals surface area contributed by atoms with E-state index in [1.54, 1.807) is 18.3 Å². The SMILES string of the molecule is Cc1cc(Sc2ncccc2Cl)c(C(=N)N)c(C)n1. The van der Waals surface area contributed by atoms with Gasteiger partial charge in [0.25, 0.3) is 0 Å². The summed E-state index contributed by atoms with van der Waals surface area (Å²) in [5, 5.41) is 8.95.